The lowest BCUT2D eigenvalue weighted by Crippen LogP contribution is -2.36. The van der Waals surface area contributed by atoms with Gasteiger partial charge >= 0.3 is 0 Å². The summed E-state index contributed by atoms with van der Waals surface area (Å²) in [4.78, 5) is 6.11. The molecule has 0 amide bonds. The van der Waals surface area contributed by atoms with Crippen LogP contribution < -0.4 is 4.90 Å². The number of nitrogens with zero attached hydrogens (tertiary/aromatic N) is 4. The Morgan fingerprint density at radius 1 is 1.43 bits per heavy atom. The summed E-state index contributed by atoms with van der Waals surface area (Å²) in [7, 11) is 0. The molecule has 1 fully saturated rings. The number of rotatable bonds is 1. The molecular formula is C8H11ClN4O. The minimum absolute atomic E-state index is 0.161. The number of piperidine rings is 1. The average Bonchev–Trinajstić information content (AvgIpc) is 2.19. The molecule has 1 aliphatic heterocycles. The van der Waals surface area contributed by atoms with Crippen LogP contribution in [-0.2, 0) is 0 Å². The van der Waals surface area contributed by atoms with Gasteiger partial charge in [-0.1, -0.05) is 0 Å². The first kappa shape index (κ1) is 9.61. The van der Waals surface area contributed by atoms with Gasteiger partial charge in [0.1, 0.15) is 0 Å². The molecule has 1 aromatic rings. The molecule has 1 saturated heterocycles. The zero-order valence-electron chi connectivity index (χ0n) is 7.60. The second-order valence-electron chi connectivity index (χ2n) is 3.30. The monoisotopic (exact) mass is 214 g/mol. The number of hydrogen-bond acceptors (Lipinski definition) is 5. The molecule has 0 radical (unpaired) electrons. The number of hydrogen-bond donors (Lipinski definition) is 1. The van der Waals surface area contributed by atoms with Crippen LogP contribution in [0.15, 0.2) is 6.20 Å². The van der Waals surface area contributed by atoms with Crippen LogP contribution in [0.25, 0.3) is 0 Å². The van der Waals surface area contributed by atoms with Gasteiger partial charge in [-0.05, 0) is 24.4 Å². The van der Waals surface area contributed by atoms with Crippen LogP contribution in [0.4, 0.5) is 5.82 Å². The molecular weight excluding hydrogens is 204 g/mol. The van der Waals surface area contributed by atoms with Crippen LogP contribution in [-0.4, -0.2) is 39.5 Å². The normalized spacial score (nSPS) is 18.6. The highest BCUT2D eigenvalue weighted by molar-refractivity contribution is 6.28. The quantitative estimate of drug-likeness (QED) is 0.737. The van der Waals surface area contributed by atoms with E-state index in [4.69, 9.17) is 11.6 Å². The summed E-state index contributed by atoms with van der Waals surface area (Å²) >= 11 is 5.63. The number of aliphatic hydroxyl groups excluding tert-OH is 1. The van der Waals surface area contributed by atoms with E-state index in [1.807, 2.05) is 4.90 Å². The van der Waals surface area contributed by atoms with Crippen LogP contribution in [0.3, 0.4) is 0 Å². The van der Waals surface area contributed by atoms with Gasteiger partial charge in [0.2, 0.25) is 5.28 Å². The predicted octanol–water partition coefficient (Wildman–Crippen LogP) is 0.486. The third-order valence-electron chi connectivity index (χ3n) is 2.31. The molecule has 1 aromatic heterocycles. The van der Waals surface area contributed by atoms with Crippen molar-refractivity contribution >= 4 is 17.4 Å². The summed E-state index contributed by atoms with van der Waals surface area (Å²) in [6.07, 6.45) is 2.93. The SMILES string of the molecule is OC1CCN(c2cnnc(Cl)n2)CC1. The molecule has 0 bridgehead atoms. The van der Waals surface area contributed by atoms with Crippen molar-refractivity contribution in [1.82, 2.24) is 15.2 Å². The van der Waals surface area contributed by atoms with E-state index >= 15 is 0 Å². The zero-order chi connectivity index (χ0) is 9.97. The van der Waals surface area contributed by atoms with Crippen molar-refractivity contribution in [3.8, 4) is 0 Å². The van der Waals surface area contributed by atoms with E-state index in [9.17, 15) is 5.11 Å². The number of anilines is 1. The van der Waals surface area contributed by atoms with Crippen molar-refractivity contribution in [1.29, 1.82) is 0 Å². The number of halogens is 1. The highest BCUT2D eigenvalue weighted by Gasteiger charge is 2.18. The topological polar surface area (TPSA) is 62.1 Å². The summed E-state index contributed by atoms with van der Waals surface area (Å²) in [6.45, 7) is 1.58. The standard InChI is InChI=1S/C8H11ClN4O/c9-8-11-7(5-10-12-8)13-3-1-6(14)2-4-13/h5-6,14H,1-4H2. The lowest BCUT2D eigenvalue weighted by molar-refractivity contribution is 0.145. The van der Waals surface area contributed by atoms with Crippen molar-refractivity contribution in [3.63, 3.8) is 0 Å². The Hall–Kier alpha value is -0.940. The van der Waals surface area contributed by atoms with E-state index in [0.29, 0.717) is 0 Å². The Kier molecular flexibility index (Phi) is 2.79. The van der Waals surface area contributed by atoms with Crippen molar-refractivity contribution in [3.05, 3.63) is 11.5 Å². The maximum absolute atomic E-state index is 9.33. The Morgan fingerprint density at radius 2 is 2.14 bits per heavy atom. The highest BCUT2D eigenvalue weighted by Crippen LogP contribution is 2.17. The fraction of sp³-hybridized carbons (Fsp3) is 0.625. The predicted molar refractivity (Wildman–Crippen MR) is 52.3 cm³/mol. The highest BCUT2D eigenvalue weighted by atomic mass is 35.5. The maximum Gasteiger partial charge on any atom is 0.244 e. The van der Waals surface area contributed by atoms with Crippen LogP contribution >= 0.6 is 11.6 Å². The third-order valence-corrected chi connectivity index (χ3v) is 2.47. The molecule has 6 heteroatoms. The smallest absolute Gasteiger partial charge is 0.244 e. The largest absolute Gasteiger partial charge is 0.393 e. The summed E-state index contributed by atoms with van der Waals surface area (Å²) < 4.78 is 0. The molecule has 0 aromatic carbocycles. The lowest BCUT2D eigenvalue weighted by Gasteiger charge is -2.29. The van der Waals surface area contributed by atoms with Gasteiger partial charge in [-0.15, -0.1) is 5.10 Å². The van der Waals surface area contributed by atoms with Gasteiger partial charge in [0.15, 0.2) is 5.82 Å². The molecule has 14 heavy (non-hydrogen) atoms. The number of aliphatic hydroxyl groups is 1. The van der Waals surface area contributed by atoms with Crippen LogP contribution in [0.5, 0.6) is 0 Å². The van der Waals surface area contributed by atoms with Gasteiger partial charge in [0, 0.05) is 13.1 Å². The summed E-state index contributed by atoms with van der Waals surface area (Å²) in [5.41, 5.74) is 0. The minimum atomic E-state index is -0.184. The molecule has 2 heterocycles. The van der Waals surface area contributed by atoms with Gasteiger partial charge in [-0.2, -0.15) is 10.1 Å². The first-order valence-electron chi connectivity index (χ1n) is 4.54. The molecule has 0 unspecified atom stereocenters. The molecule has 5 nitrogen and oxygen atoms in total. The van der Waals surface area contributed by atoms with Crippen molar-refractivity contribution in [2.24, 2.45) is 0 Å². The Morgan fingerprint density at radius 3 is 2.79 bits per heavy atom. The molecule has 0 saturated carbocycles. The van der Waals surface area contributed by atoms with Gasteiger partial charge in [-0.25, -0.2) is 0 Å². The first-order chi connectivity index (χ1) is 6.75. The van der Waals surface area contributed by atoms with E-state index in [1.165, 1.54) is 0 Å². The van der Waals surface area contributed by atoms with Crippen molar-refractivity contribution in [2.75, 3.05) is 18.0 Å². The average molecular weight is 215 g/mol. The molecule has 0 spiro atoms. The summed E-state index contributed by atoms with van der Waals surface area (Å²) in [5.74, 6) is 0.733. The molecule has 0 atom stereocenters. The van der Waals surface area contributed by atoms with Crippen molar-refractivity contribution < 1.29 is 5.11 Å². The first-order valence-corrected chi connectivity index (χ1v) is 4.92. The van der Waals surface area contributed by atoms with Gasteiger partial charge in [0.25, 0.3) is 0 Å². The van der Waals surface area contributed by atoms with E-state index in [0.717, 1.165) is 31.7 Å². The van der Waals surface area contributed by atoms with E-state index in [2.05, 4.69) is 15.2 Å². The summed E-state index contributed by atoms with van der Waals surface area (Å²) in [6, 6.07) is 0. The second kappa shape index (κ2) is 4.06. The fourth-order valence-electron chi connectivity index (χ4n) is 1.52. The van der Waals surface area contributed by atoms with Crippen LogP contribution in [0.2, 0.25) is 5.28 Å². The maximum atomic E-state index is 9.33. The Balaban J connectivity index is 2.08. The van der Waals surface area contributed by atoms with Crippen molar-refractivity contribution in [2.45, 2.75) is 18.9 Å². The van der Waals surface area contributed by atoms with Gasteiger partial charge in [0.05, 0.1) is 12.3 Å². The zero-order valence-corrected chi connectivity index (χ0v) is 8.35. The molecule has 2 rings (SSSR count). The summed E-state index contributed by atoms with van der Waals surface area (Å²) in [5, 5.41) is 16.8. The minimum Gasteiger partial charge on any atom is -0.393 e. The molecule has 0 aliphatic carbocycles. The van der Waals surface area contributed by atoms with E-state index in [-0.39, 0.29) is 11.4 Å². The van der Waals surface area contributed by atoms with Gasteiger partial charge < -0.3 is 10.0 Å². The number of aromatic nitrogens is 3. The van der Waals surface area contributed by atoms with E-state index < -0.39 is 0 Å². The van der Waals surface area contributed by atoms with Crippen LogP contribution in [0, 0.1) is 0 Å². The molecule has 1 N–H and O–H groups in total. The Labute approximate surface area is 86.7 Å². The van der Waals surface area contributed by atoms with Gasteiger partial charge in [-0.3, -0.25) is 0 Å². The second-order valence-corrected chi connectivity index (χ2v) is 3.64. The molecule has 76 valence electrons. The molecule has 1 aliphatic rings. The Bertz CT molecular complexity index is 314. The van der Waals surface area contributed by atoms with E-state index in [1.54, 1.807) is 6.20 Å². The lowest BCUT2D eigenvalue weighted by atomic mass is 10.1. The van der Waals surface area contributed by atoms with Crippen LogP contribution in [0.1, 0.15) is 12.8 Å². The fourth-order valence-corrected chi connectivity index (χ4v) is 1.65. The third kappa shape index (κ3) is 2.10.